The highest BCUT2D eigenvalue weighted by atomic mass is 35.5. The molecule has 4 nitrogen and oxygen atoms in total. The molecule has 6 heteroatoms. The van der Waals surface area contributed by atoms with Gasteiger partial charge in [0.15, 0.2) is 0 Å². The van der Waals surface area contributed by atoms with Crippen molar-refractivity contribution < 1.29 is 13.9 Å². The highest BCUT2D eigenvalue weighted by Gasteiger charge is 2.26. The average molecular weight is 303 g/mol. The predicted octanol–water partition coefficient (Wildman–Crippen LogP) is 1.62. The number of nitrogens with one attached hydrogen (secondary N) is 1. The monoisotopic (exact) mass is 302 g/mol. The third kappa shape index (κ3) is 4.44. The lowest BCUT2D eigenvalue weighted by atomic mass is 9.92. The Labute approximate surface area is 124 Å². The van der Waals surface area contributed by atoms with Crippen molar-refractivity contribution in [1.29, 1.82) is 0 Å². The van der Waals surface area contributed by atoms with Crippen molar-refractivity contribution in [2.24, 2.45) is 11.7 Å². The van der Waals surface area contributed by atoms with Crippen molar-refractivity contribution in [2.45, 2.75) is 25.4 Å². The van der Waals surface area contributed by atoms with Crippen LogP contribution in [-0.2, 0) is 16.1 Å². The molecule has 1 aliphatic heterocycles. The van der Waals surface area contributed by atoms with Gasteiger partial charge < -0.3 is 15.8 Å². The van der Waals surface area contributed by atoms with E-state index in [0.717, 1.165) is 12.8 Å². The van der Waals surface area contributed by atoms with E-state index in [1.807, 2.05) is 0 Å². The highest BCUT2D eigenvalue weighted by Crippen LogP contribution is 2.17. The van der Waals surface area contributed by atoms with Crippen molar-refractivity contribution in [1.82, 2.24) is 5.32 Å². The second-order valence-corrected chi connectivity index (χ2v) is 4.78. The molecule has 0 spiro atoms. The standard InChI is InChI=1S/C14H19FN2O2.ClH/c15-12-4-2-1-3-11(12)9-17-14(18)13(16)10-5-7-19-8-6-10;/h1-4,10,13H,5-9,16H2,(H,17,18);1H. The minimum absolute atomic E-state index is 0. The van der Waals surface area contributed by atoms with E-state index in [1.165, 1.54) is 6.07 Å². The van der Waals surface area contributed by atoms with E-state index in [1.54, 1.807) is 18.2 Å². The number of ether oxygens (including phenoxy) is 1. The maximum absolute atomic E-state index is 13.4. The maximum atomic E-state index is 13.4. The van der Waals surface area contributed by atoms with Gasteiger partial charge in [0.2, 0.25) is 5.91 Å². The zero-order valence-electron chi connectivity index (χ0n) is 11.2. The van der Waals surface area contributed by atoms with Crippen LogP contribution in [0.5, 0.6) is 0 Å². The van der Waals surface area contributed by atoms with E-state index in [-0.39, 0.29) is 36.6 Å². The first-order valence-electron chi connectivity index (χ1n) is 6.53. The molecule has 20 heavy (non-hydrogen) atoms. The Morgan fingerprint density at radius 3 is 2.70 bits per heavy atom. The quantitative estimate of drug-likeness (QED) is 0.888. The van der Waals surface area contributed by atoms with E-state index in [9.17, 15) is 9.18 Å². The lowest BCUT2D eigenvalue weighted by molar-refractivity contribution is -0.124. The largest absolute Gasteiger partial charge is 0.381 e. The summed E-state index contributed by atoms with van der Waals surface area (Å²) >= 11 is 0. The Kier molecular flexibility index (Phi) is 6.91. The summed E-state index contributed by atoms with van der Waals surface area (Å²) in [6.45, 7) is 1.47. The molecule has 0 saturated carbocycles. The molecule has 2 rings (SSSR count). The molecule has 0 aromatic heterocycles. The molecule has 112 valence electrons. The fourth-order valence-electron chi connectivity index (χ4n) is 2.23. The van der Waals surface area contributed by atoms with Gasteiger partial charge in [-0.2, -0.15) is 0 Å². The van der Waals surface area contributed by atoms with E-state index >= 15 is 0 Å². The van der Waals surface area contributed by atoms with Crippen LogP contribution in [0.1, 0.15) is 18.4 Å². The van der Waals surface area contributed by atoms with Crippen LogP contribution in [0.3, 0.4) is 0 Å². The Morgan fingerprint density at radius 2 is 2.05 bits per heavy atom. The fraction of sp³-hybridized carbons (Fsp3) is 0.500. The number of rotatable bonds is 4. The highest BCUT2D eigenvalue weighted by molar-refractivity contribution is 5.85. The van der Waals surface area contributed by atoms with Gasteiger partial charge in [0.1, 0.15) is 5.82 Å². The third-order valence-electron chi connectivity index (χ3n) is 3.49. The number of hydrogen-bond acceptors (Lipinski definition) is 3. The first-order valence-corrected chi connectivity index (χ1v) is 6.53. The van der Waals surface area contributed by atoms with Crippen LogP contribution in [-0.4, -0.2) is 25.2 Å². The van der Waals surface area contributed by atoms with Crippen LogP contribution in [0.4, 0.5) is 4.39 Å². The summed E-state index contributed by atoms with van der Waals surface area (Å²) in [5.41, 5.74) is 6.40. The SMILES string of the molecule is Cl.NC(C(=O)NCc1ccccc1F)C1CCOCC1. The molecule has 0 radical (unpaired) electrons. The number of carbonyl (C=O) groups excluding carboxylic acids is 1. The van der Waals surface area contributed by atoms with E-state index in [2.05, 4.69) is 5.32 Å². The first-order chi connectivity index (χ1) is 9.18. The van der Waals surface area contributed by atoms with Crippen LogP contribution in [0.15, 0.2) is 24.3 Å². The van der Waals surface area contributed by atoms with Crippen LogP contribution >= 0.6 is 12.4 Å². The molecule has 1 atom stereocenters. The second-order valence-electron chi connectivity index (χ2n) is 4.78. The van der Waals surface area contributed by atoms with Gasteiger partial charge in [-0.1, -0.05) is 18.2 Å². The van der Waals surface area contributed by atoms with Crippen molar-refractivity contribution in [2.75, 3.05) is 13.2 Å². The first kappa shape index (κ1) is 16.9. The minimum atomic E-state index is -0.546. The lowest BCUT2D eigenvalue weighted by Gasteiger charge is -2.26. The molecule has 1 fully saturated rings. The van der Waals surface area contributed by atoms with Gasteiger partial charge in [-0.15, -0.1) is 12.4 Å². The van der Waals surface area contributed by atoms with Crippen molar-refractivity contribution in [3.63, 3.8) is 0 Å². The zero-order chi connectivity index (χ0) is 13.7. The molecule has 0 aliphatic carbocycles. The summed E-state index contributed by atoms with van der Waals surface area (Å²) in [6, 6.07) is 5.84. The Bertz CT molecular complexity index is 439. The number of hydrogen-bond donors (Lipinski definition) is 2. The Hall–Kier alpha value is -1.17. The number of nitrogens with two attached hydrogens (primary N) is 1. The molecule has 1 aliphatic rings. The number of amides is 1. The topological polar surface area (TPSA) is 64.4 Å². The van der Waals surface area contributed by atoms with Crippen LogP contribution in [0.2, 0.25) is 0 Å². The van der Waals surface area contributed by atoms with Gasteiger partial charge in [-0.25, -0.2) is 4.39 Å². The second kappa shape index (κ2) is 8.19. The minimum Gasteiger partial charge on any atom is -0.381 e. The molecule has 0 bridgehead atoms. The normalized spacial score (nSPS) is 17.1. The maximum Gasteiger partial charge on any atom is 0.237 e. The van der Waals surface area contributed by atoms with E-state index in [0.29, 0.717) is 18.8 Å². The molecule has 1 aromatic carbocycles. The van der Waals surface area contributed by atoms with Gasteiger partial charge in [0, 0.05) is 25.3 Å². The Morgan fingerprint density at radius 1 is 1.40 bits per heavy atom. The molecule has 1 unspecified atom stereocenters. The van der Waals surface area contributed by atoms with Gasteiger partial charge in [0.25, 0.3) is 0 Å². The molecule has 1 aromatic rings. The van der Waals surface area contributed by atoms with Crippen LogP contribution in [0.25, 0.3) is 0 Å². The lowest BCUT2D eigenvalue weighted by Crippen LogP contribution is -2.46. The van der Waals surface area contributed by atoms with Gasteiger partial charge in [-0.05, 0) is 24.8 Å². The number of halogens is 2. The summed E-state index contributed by atoms with van der Waals surface area (Å²) in [5.74, 6) is -0.396. The summed E-state index contributed by atoms with van der Waals surface area (Å²) < 4.78 is 18.6. The molecular formula is C14H20ClFN2O2. The predicted molar refractivity (Wildman–Crippen MR) is 77.0 cm³/mol. The van der Waals surface area contributed by atoms with E-state index in [4.69, 9.17) is 10.5 Å². The smallest absolute Gasteiger partial charge is 0.237 e. The molecular weight excluding hydrogens is 283 g/mol. The summed E-state index contributed by atoms with van der Waals surface area (Å²) in [4.78, 5) is 11.9. The van der Waals surface area contributed by atoms with Crippen LogP contribution < -0.4 is 11.1 Å². The van der Waals surface area contributed by atoms with Gasteiger partial charge in [0.05, 0.1) is 6.04 Å². The van der Waals surface area contributed by atoms with E-state index < -0.39 is 6.04 Å². The van der Waals surface area contributed by atoms with Crippen LogP contribution in [0, 0.1) is 11.7 Å². The van der Waals surface area contributed by atoms with Gasteiger partial charge >= 0.3 is 0 Å². The summed E-state index contributed by atoms with van der Waals surface area (Å²) in [6.07, 6.45) is 1.60. The fourth-order valence-corrected chi connectivity index (χ4v) is 2.23. The van der Waals surface area contributed by atoms with Crippen molar-refractivity contribution in [3.8, 4) is 0 Å². The summed E-state index contributed by atoms with van der Waals surface area (Å²) in [5, 5.41) is 2.69. The molecule has 1 heterocycles. The average Bonchev–Trinajstić information content (AvgIpc) is 2.46. The number of carbonyl (C=O) groups is 1. The number of benzene rings is 1. The molecule has 1 saturated heterocycles. The molecule has 1 amide bonds. The zero-order valence-corrected chi connectivity index (χ0v) is 12.0. The van der Waals surface area contributed by atoms with Crippen molar-refractivity contribution >= 4 is 18.3 Å². The van der Waals surface area contributed by atoms with Crippen molar-refractivity contribution in [3.05, 3.63) is 35.6 Å². The Balaban J connectivity index is 0.00000200. The third-order valence-corrected chi connectivity index (χ3v) is 3.49. The van der Waals surface area contributed by atoms with Gasteiger partial charge in [-0.3, -0.25) is 4.79 Å². The summed E-state index contributed by atoms with van der Waals surface area (Å²) in [7, 11) is 0. The molecule has 3 N–H and O–H groups in total.